The lowest BCUT2D eigenvalue weighted by Crippen LogP contribution is -2.41. The van der Waals surface area contributed by atoms with Crippen LogP contribution in [0.1, 0.15) is 24.1 Å². The third-order valence-corrected chi connectivity index (χ3v) is 7.78. The zero-order chi connectivity index (χ0) is 24.0. The Balaban J connectivity index is 1.86. The van der Waals surface area contributed by atoms with E-state index in [0.29, 0.717) is 5.69 Å². The third-order valence-electron chi connectivity index (χ3n) is 5.25. The van der Waals surface area contributed by atoms with E-state index in [2.05, 4.69) is 5.32 Å². The number of hydrogen-bond acceptors (Lipinski definition) is 5. The van der Waals surface area contributed by atoms with Gasteiger partial charge in [-0.05, 0) is 74.2 Å². The van der Waals surface area contributed by atoms with E-state index in [4.69, 9.17) is 4.74 Å². The predicted octanol–water partition coefficient (Wildman–Crippen LogP) is 4.80. The Morgan fingerprint density at radius 3 is 2.15 bits per heavy atom. The van der Waals surface area contributed by atoms with Gasteiger partial charge in [-0.1, -0.05) is 29.8 Å². The molecule has 6 nitrogen and oxygen atoms in total. The van der Waals surface area contributed by atoms with Crippen molar-refractivity contribution in [2.45, 2.75) is 29.7 Å². The Hall–Kier alpha value is -2.97. The van der Waals surface area contributed by atoms with E-state index in [-0.39, 0.29) is 17.5 Å². The van der Waals surface area contributed by atoms with Crippen molar-refractivity contribution < 1.29 is 17.9 Å². The largest absolute Gasteiger partial charge is 0.497 e. The minimum Gasteiger partial charge on any atom is -0.497 e. The number of nitrogens with one attached hydrogen (secondary N) is 1. The second-order valence-corrected chi connectivity index (χ2v) is 10.3. The van der Waals surface area contributed by atoms with Crippen molar-refractivity contribution >= 4 is 33.4 Å². The number of hydrogen-bond donors (Lipinski definition) is 1. The average molecular weight is 485 g/mol. The van der Waals surface area contributed by atoms with E-state index in [1.54, 1.807) is 43.5 Å². The number of amides is 1. The summed E-state index contributed by atoms with van der Waals surface area (Å²) in [5.41, 5.74) is 2.32. The predicted molar refractivity (Wildman–Crippen MR) is 133 cm³/mol. The molecule has 0 spiro atoms. The molecule has 0 aliphatic carbocycles. The van der Waals surface area contributed by atoms with Crippen molar-refractivity contribution in [2.24, 2.45) is 0 Å². The number of rotatable bonds is 9. The van der Waals surface area contributed by atoms with Gasteiger partial charge >= 0.3 is 0 Å². The number of anilines is 1. The van der Waals surface area contributed by atoms with Gasteiger partial charge in [-0.25, -0.2) is 8.42 Å². The van der Waals surface area contributed by atoms with Gasteiger partial charge in [-0.2, -0.15) is 0 Å². The summed E-state index contributed by atoms with van der Waals surface area (Å²) in [4.78, 5) is 14.0. The first kappa shape index (κ1) is 24.7. The van der Waals surface area contributed by atoms with Gasteiger partial charge in [-0.15, -0.1) is 11.8 Å². The van der Waals surface area contributed by atoms with Gasteiger partial charge < -0.3 is 10.1 Å². The number of thioether (sulfide) groups is 1. The molecule has 0 saturated carbocycles. The molecule has 8 heteroatoms. The van der Waals surface area contributed by atoms with Crippen molar-refractivity contribution in [2.75, 3.05) is 24.2 Å². The molecule has 1 atom stereocenters. The summed E-state index contributed by atoms with van der Waals surface area (Å²) in [7, 11) is -2.36. The van der Waals surface area contributed by atoms with E-state index < -0.39 is 15.9 Å². The minimum absolute atomic E-state index is 0.136. The maximum Gasteiger partial charge on any atom is 0.264 e. The second-order valence-electron chi connectivity index (χ2n) is 7.59. The van der Waals surface area contributed by atoms with Gasteiger partial charge in [0.1, 0.15) is 12.3 Å². The zero-order valence-electron chi connectivity index (χ0n) is 19.1. The summed E-state index contributed by atoms with van der Waals surface area (Å²) in [5.74, 6) is 0.324. The van der Waals surface area contributed by atoms with Crippen LogP contribution in [0.4, 0.5) is 5.69 Å². The molecule has 0 radical (unpaired) electrons. The van der Waals surface area contributed by atoms with Gasteiger partial charge in [0.15, 0.2) is 0 Å². The van der Waals surface area contributed by atoms with Gasteiger partial charge in [0, 0.05) is 4.90 Å². The van der Waals surface area contributed by atoms with Crippen LogP contribution in [0.5, 0.6) is 5.75 Å². The Kier molecular flexibility index (Phi) is 8.05. The fraction of sp³-hybridized carbons (Fsp3) is 0.240. The third kappa shape index (κ3) is 6.09. The molecule has 3 aromatic carbocycles. The van der Waals surface area contributed by atoms with Crippen molar-refractivity contribution in [3.63, 3.8) is 0 Å². The lowest BCUT2D eigenvalue weighted by molar-refractivity contribution is -0.120. The number of methoxy groups -OCH3 is 1. The summed E-state index contributed by atoms with van der Waals surface area (Å²) < 4.78 is 33.3. The number of nitrogens with zero attached hydrogens (tertiary/aromatic N) is 1. The summed E-state index contributed by atoms with van der Waals surface area (Å²) in [6, 6.07) is 20.8. The van der Waals surface area contributed by atoms with Crippen LogP contribution in [0.15, 0.2) is 82.6 Å². The smallest absolute Gasteiger partial charge is 0.264 e. The fourth-order valence-corrected chi connectivity index (χ4v) is 5.12. The molecule has 3 rings (SSSR count). The monoisotopic (exact) mass is 484 g/mol. The van der Waals surface area contributed by atoms with E-state index in [1.165, 1.54) is 11.8 Å². The molecule has 1 amide bonds. The van der Waals surface area contributed by atoms with Gasteiger partial charge in [-0.3, -0.25) is 9.10 Å². The Bertz CT molecular complexity index is 1180. The topological polar surface area (TPSA) is 75.7 Å². The molecule has 0 saturated heterocycles. The van der Waals surface area contributed by atoms with Crippen LogP contribution < -0.4 is 14.4 Å². The highest BCUT2D eigenvalue weighted by atomic mass is 32.2. The molecule has 0 aliphatic rings. The average Bonchev–Trinajstić information content (AvgIpc) is 2.83. The molecule has 0 aromatic heterocycles. The van der Waals surface area contributed by atoms with Crippen LogP contribution in [0.2, 0.25) is 0 Å². The number of carbonyl (C=O) groups excluding carboxylic acids is 1. The molecule has 1 N–H and O–H groups in total. The number of sulfonamides is 1. The Morgan fingerprint density at radius 2 is 1.61 bits per heavy atom. The number of carbonyl (C=O) groups is 1. The van der Waals surface area contributed by atoms with E-state index in [0.717, 1.165) is 26.1 Å². The first-order valence-electron chi connectivity index (χ1n) is 10.4. The summed E-state index contributed by atoms with van der Waals surface area (Å²) in [6.45, 7) is 3.44. The van der Waals surface area contributed by atoms with Crippen LogP contribution in [0.3, 0.4) is 0 Å². The molecule has 0 aliphatic heterocycles. The quantitative estimate of drug-likeness (QED) is 0.442. The van der Waals surface area contributed by atoms with Crippen LogP contribution in [-0.2, 0) is 14.8 Å². The molecule has 0 unspecified atom stereocenters. The number of ether oxygens (including phenoxy) is 1. The maximum atomic E-state index is 13.5. The molecule has 0 heterocycles. The standard InChI is InChI=1S/C25H28N2O4S2/c1-18-5-9-21(10-6-18)27(33(29,30)24-15-13-23(32-4)14-16-24)17-25(28)26-19(2)20-7-11-22(31-3)12-8-20/h5-16,19H,17H2,1-4H3,(H,26,28)/t19-/m1/s1. The van der Waals surface area contributed by atoms with E-state index in [9.17, 15) is 13.2 Å². The highest BCUT2D eigenvalue weighted by molar-refractivity contribution is 7.98. The van der Waals surface area contributed by atoms with Crippen LogP contribution in [-0.4, -0.2) is 34.2 Å². The van der Waals surface area contributed by atoms with Gasteiger partial charge in [0.25, 0.3) is 10.0 Å². The summed E-state index contributed by atoms with van der Waals surface area (Å²) in [6.07, 6.45) is 1.93. The van der Waals surface area contributed by atoms with E-state index in [1.807, 2.05) is 56.5 Å². The molecule has 0 fully saturated rings. The lowest BCUT2D eigenvalue weighted by atomic mass is 10.1. The summed E-state index contributed by atoms with van der Waals surface area (Å²) >= 11 is 1.53. The molecule has 174 valence electrons. The normalized spacial score (nSPS) is 12.1. The van der Waals surface area contributed by atoms with Crippen molar-refractivity contribution in [3.05, 3.63) is 83.9 Å². The Labute approximate surface area is 200 Å². The van der Waals surface area contributed by atoms with Gasteiger partial charge in [0.2, 0.25) is 5.91 Å². The Morgan fingerprint density at radius 1 is 1.00 bits per heavy atom. The molecule has 33 heavy (non-hydrogen) atoms. The highest BCUT2D eigenvalue weighted by Crippen LogP contribution is 2.26. The van der Waals surface area contributed by atoms with Gasteiger partial charge in [0.05, 0.1) is 23.7 Å². The van der Waals surface area contributed by atoms with Crippen LogP contribution in [0.25, 0.3) is 0 Å². The van der Waals surface area contributed by atoms with Crippen LogP contribution >= 0.6 is 11.8 Å². The second kappa shape index (κ2) is 10.8. The van der Waals surface area contributed by atoms with Crippen molar-refractivity contribution in [1.29, 1.82) is 0 Å². The molecular formula is C25H28N2O4S2. The number of benzene rings is 3. The fourth-order valence-electron chi connectivity index (χ4n) is 3.29. The first-order chi connectivity index (χ1) is 15.7. The molecular weight excluding hydrogens is 456 g/mol. The molecule has 0 bridgehead atoms. The van der Waals surface area contributed by atoms with Crippen molar-refractivity contribution in [3.8, 4) is 5.75 Å². The van der Waals surface area contributed by atoms with Crippen molar-refractivity contribution in [1.82, 2.24) is 5.32 Å². The number of aryl methyl sites for hydroxylation is 1. The highest BCUT2D eigenvalue weighted by Gasteiger charge is 2.27. The maximum absolute atomic E-state index is 13.5. The van der Waals surface area contributed by atoms with Crippen LogP contribution in [0, 0.1) is 6.92 Å². The SMILES string of the molecule is COc1ccc([C@@H](C)NC(=O)CN(c2ccc(C)cc2)S(=O)(=O)c2ccc(SC)cc2)cc1. The minimum atomic E-state index is -3.95. The first-order valence-corrected chi connectivity index (χ1v) is 13.1. The zero-order valence-corrected chi connectivity index (χ0v) is 20.7. The lowest BCUT2D eigenvalue weighted by Gasteiger charge is -2.25. The summed E-state index contributed by atoms with van der Waals surface area (Å²) in [5, 5.41) is 2.90. The van der Waals surface area contributed by atoms with E-state index >= 15 is 0 Å². The molecule has 3 aromatic rings.